The van der Waals surface area contributed by atoms with Crippen LogP contribution in [0, 0.1) is 0 Å². The van der Waals surface area contributed by atoms with Crippen molar-refractivity contribution in [1.82, 2.24) is 5.32 Å². The minimum absolute atomic E-state index is 0.118. The number of hydrogen-bond acceptors (Lipinski definition) is 4. The normalized spacial score (nSPS) is 19.8. The van der Waals surface area contributed by atoms with E-state index in [9.17, 15) is 13.2 Å². The lowest BCUT2D eigenvalue weighted by Crippen LogP contribution is -2.38. The quantitative estimate of drug-likeness (QED) is 0.803. The van der Waals surface area contributed by atoms with Crippen molar-refractivity contribution in [2.75, 3.05) is 12.0 Å². The molecule has 0 bridgehead atoms. The van der Waals surface area contributed by atoms with E-state index in [0.29, 0.717) is 5.69 Å². The molecule has 0 aliphatic heterocycles. The molecule has 1 aromatic carbocycles. The maximum absolute atomic E-state index is 11.9. The predicted molar refractivity (Wildman–Crippen MR) is 74.4 cm³/mol. The molecule has 104 valence electrons. The second-order valence-electron chi connectivity index (χ2n) is 5.03. The number of nitrogens with two attached hydrogens (primary N) is 1. The van der Waals surface area contributed by atoms with Gasteiger partial charge in [0, 0.05) is 11.9 Å². The van der Waals surface area contributed by atoms with Crippen LogP contribution in [0.5, 0.6) is 0 Å². The summed E-state index contributed by atoms with van der Waals surface area (Å²) < 4.78 is 22.7. The van der Waals surface area contributed by atoms with Gasteiger partial charge in [-0.1, -0.05) is 6.07 Å². The number of benzene rings is 1. The zero-order valence-corrected chi connectivity index (χ0v) is 11.8. The SMILES string of the molecule is CC(C(=O)NC1CCc2cc(N)ccc21)S(C)(=O)=O. The summed E-state index contributed by atoms with van der Waals surface area (Å²) in [6.45, 7) is 1.41. The summed E-state index contributed by atoms with van der Waals surface area (Å²) >= 11 is 0. The third-order valence-corrected chi connectivity index (χ3v) is 5.07. The number of sulfone groups is 1. The molecule has 6 heteroatoms. The molecule has 1 aliphatic carbocycles. The fraction of sp³-hybridized carbons (Fsp3) is 0.462. The fourth-order valence-electron chi connectivity index (χ4n) is 2.27. The van der Waals surface area contributed by atoms with Gasteiger partial charge in [0.2, 0.25) is 5.91 Å². The number of carbonyl (C=O) groups excluding carboxylic acids is 1. The average Bonchev–Trinajstić information content (AvgIpc) is 2.69. The maximum atomic E-state index is 11.9. The van der Waals surface area contributed by atoms with Crippen LogP contribution in [0.4, 0.5) is 5.69 Å². The van der Waals surface area contributed by atoms with Gasteiger partial charge in [-0.15, -0.1) is 0 Å². The van der Waals surface area contributed by atoms with Crippen LogP contribution in [0.1, 0.15) is 30.5 Å². The standard InChI is InChI=1S/C13H18N2O3S/c1-8(19(2,17)18)13(16)15-12-6-3-9-7-10(14)4-5-11(9)12/h4-5,7-8,12H,3,6,14H2,1-2H3,(H,15,16). The van der Waals surface area contributed by atoms with Crippen molar-refractivity contribution in [3.05, 3.63) is 29.3 Å². The Kier molecular flexibility index (Phi) is 3.54. The molecule has 3 N–H and O–H groups in total. The number of carbonyl (C=O) groups is 1. The molecule has 0 radical (unpaired) electrons. The van der Waals surface area contributed by atoms with E-state index in [2.05, 4.69) is 5.32 Å². The average molecular weight is 282 g/mol. The molecule has 2 rings (SSSR count). The molecule has 19 heavy (non-hydrogen) atoms. The number of nitrogens with one attached hydrogen (secondary N) is 1. The minimum atomic E-state index is -3.36. The van der Waals surface area contributed by atoms with Crippen LogP contribution in [-0.4, -0.2) is 25.8 Å². The zero-order chi connectivity index (χ0) is 14.2. The summed E-state index contributed by atoms with van der Waals surface area (Å²) in [5.74, 6) is -0.447. The van der Waals surface area contributed by atoms with Crippen LogP contribution in [0.3, 0.4) is 0 Å². The highest BCUT2D eigenvalue weighted by atomic mass is 32.2. The Balaban J connectivity index is 2.14. The summed E-state index contributed by atoms with van der Waals surface area (Å²) in [5.41, 5.74) is 8.57. The van der Waals surface area contributed by atoms with Crippen molar-refractivity contribution in [2.24, 2.45) is 0 Å². The molecular formula is C13H18N2O3S. The molecule has 1 amide bonds. The maximum Gasteiger partial charge on any atom is 0.238 e. The lowest BCUT2D eigenvalue weighted by Gasteiger charge is -2.17. The van der Waals surface area contributed by atoms with Crippen LogP contribution in [-0.2, 0) is 21.1 Å². The van der Waals surface area contributed by atoms with Gasteiger partial charge in [-0.25, -0.2) is 8.42 Å². The van der Waals surface area contributed by atoms with Crippen molar-refractivity contribution >= 4 is 21.4 Å². The van der Waals surface area contributed by atoms with Gasteiger partial charge in [-0.3, -0.25) is 4.79 Å². The molecule has 0 saturated carbocycles. The third kappa shape index (κ3) is 2.89. The molecule has 0 heterocycles. The van der Waals surface area contributed by atoms with Gasteiger partial charge in [-0.05, 0) is 43.0 Å². The van der Waals surface area contributed by atoms with Crippen molar-refractivity contribution in [3.63, 3.8) is 0 Å². The first kappa shape index (κ1) is 13.9. The van der Waals surface area contributed by atoms with E-state index in [0.717, 1.165) is 30.2 Å². The van der Waals surface area contributed by atoms with Gasteiger partial charge in [-0.2, -0.15) is 0 Å². The van der Waals surface area contributed by atoms with Crippen LogP contribution >= 0.6 is 0 Å². The van der Waals surface area contributed by atoms with E-state index < -0.39 is 21.0 Å². The number of amides is 1. The topological polar surface area (TPSA) is 89.3 Å². The number of hydrogen-bond donors (Lipinski definition) is 2. The summed E-state index contributed by atoms with van der Waals surface area (Å²) in [6.07, 6.45) is 2.69. The second kappa shape index (κ2) is 4.85. The summed E-state index contributed by atoms with van der Waals surface area (Å²) in [6, 6.07) is 5.48. The molecule has 1 aromatic rings. The monoisotopic (exact) mass is 282 g/mol. The van der Waals surface area contributed by atoms with Gasteiger partial charge in [0.15, 0.2) is 9.84 Å². The van der Waals surface area contributed by atoms with Crippen LogP contribution in [0.25, 0.3) is 0 Å². The highest BCUT2D eigenvalue weighted by Crippen LogP contribution is 2.32. The van der Waals surface area contributed by atoms with E-state index in [-0.39, 0.29) is 6.04 Å². The van der Waals surface area contributed by atoms with Gasteiger partial charge >= 0.3 is 0 Å². The van der Waals surface area contributed by atoms with E-state index in [4.69, 9.17) is 5.73 Å². The highest BCUT2D eigenvalue weighted by molar-refractivity contribution is 7.92. The Bertz CT molecular complexity index is 610. The van der Waals surface area contributed by atoms with Gasteiger partial charge in [0.25, 0.3) is 0 Å². The molecule has 0 fully saturated rings. The van der Waals surface area contributed by atoms with Gasteiger partial charge in [0.1, 0.15) is 5.25 Å². The van der Waals surface area contributed by atoms with E-state index in [1.807, 2.05) is 12.1 Å². The number of nitrogen functional groups attached to an aromatic ring is 1. The smallest absolute Gasteiger partial charge is 0.238 e. The number of anilines is 1. The predicted octanol–water partition coefficient (Wildman–Crippen LogP) is 0.805. The van der Waals surface area contributed by atoms with Gasteiger partial charge in [0.05, 0.1) is 6.04 Å². The van der Waals surface area contributed by atoms with Gasteiger partial charge < -0.3 is 11.1 Å². The Morgan fingerprint density at radius 3 is 2.79 bits per heavy atom. The fourth-order valence-corrected chi connectivity index (χ4v) is 2.73. The summed E-state index contributed by atoms with van der Waals surface area (Å²) in [5, 5.41) is 1.78. The van der Waals surface area contributed by atoms with Crippen molar-refractivity contribution in [3.8, 4) is 0 Å². The molecular weight excluding hydrogens is 264 g/mol. The largest absolute Gasteiger partial charge is 0.399 e. The molecule has 2 unspecified atom stereocenters. The Labute approximate surface area is 113 Å². The minimum Gasteiger partial charge on any atom is -0.399 e. The molecule has 2 atom stereocenters. The number of rotatable bonds is 3. The van der Waals surface area contributed by atoms with E-state index in [1.54, 1.807) is 6.07 Å². The molecule has 5 nitrogen and oxygen atoms in total. The Morgan fingerprint density at radius 1 is 1.47 bits per heavy atom. The first-order valence-electron chi connectivity index (χ1n) is 6.16. The van der Waals surface area contributed by atoms with Crippen molar-refractivity contribution in [1.29, 1.82) is 0 Å². The molecule has 0 saturated heterocycles. The first-order valence-corrected chi connectivity index (χ1v) is 8.12. The Hall–Kier alpha value is -1.56. The summed E-state index contributed by atoms with van der Waals surface area (Å²) in [4.78, 5) is 11.9. The number of aryl methyl sites for hydroxylation is 1. The third-order valence-electron chi connectivity index (χ3n) is 3.57. The second-order valence-corrected chi connectivity index (χ2v) is 7.40. The van der Waals surface area contributed by atoms with E-state index >= 15 is 0 Å². The molecule has 0 spiro atoms. The van der Waals surface area contributed by atoms with Crippen LogP contribution < -0.4 is 11.1 Å². The van der Waals surface area contributed by atoms with Crippen LogP contribution in [0.15, 0.2) is 18.2 Å². The first-order chi connectivity index (χ1) is 8.79. The van der Waals surface area contributed by atoms with Crippen LogP contribution in [0.2, 0.25) is 0 Å². The zero-order valence-electron chi connectivity index (χ0n) is 11.0. The Morgan fingerprint density at radius 2 is 2.16 bits per heavy atom. The lowest BCUT2D eigenvalue weighted by atomic mass is 10.1. The molecule has 1 aliphatic rings. The van der Waals surface area contributed by atoms with Crippen molar-refractivity contribution in [2.45, 2.75) is 31.1 Å². The highest BCUT2D eigenvalue weighted by Gasteiger charge is 2.29. The molecule has 0 aromatic heterocycles. The lowest BCUT2D eigenvalue weighted by molar-refractivity contribution is -0.121. The van der Waals surface area contributed by atoms with Crippen molar-refractivity contribution < 1.29 is 13.2 Å². The van der Waals surface area contributed by atoms with E-state index in [1.165, 1.54) is 6.92 Å². The summed E-state index contributed by atoms with van der Waals surface area (Å²) in [7, 11) is -3.36. The number of fused-ring (bicyclic) bond motifs is 1.